The third kappa shape index (κ3) is 7.47. The van der Waals surface area contributed by atoms with Gasteiger partial charge in [0.15, 0.2) is 6.10 Å². The molecule has 0 radical (unpaired) electrons. The molecule has 7 heteroatoms. The molecule has 1 unspecified atom stereocenters. The summed E-state index contributed by atoms with van der Waals surface area (Å²) < 4.78 is 11.4. The number of carbonyl (C=O) groups excluding carboxylic acids is 2. The van der Waals surface area contributed by atoms with E-state index in [1.807, 2.05) is 41.9 Å². The number of nitrogens with zero attached hydrogens (tertiary/aromatic N) is 3. The largest absolute Gasteiger partial charge is 0.459 e. The molecule has 1 heterocycles. The minimum Gasteiger partial charge on any atom is -0.459 e. The van der Waals surface area contributed by atoms with Gasteiger partial charge in [0, 0.05) is 0 Å². The average Bonchev–Trinajstić information content (AvgIpc) is 2.47. The van der Waals surface area contributed by atoms with E-state index in [9.17, 15) is 9.59 Å². The number of likely N-dealkylation sites (N-methyl/N-ethyl adjacent to an activating group) is 1. The van der Waals surface area contributed by atoms with Crippen LogP contribution in [0.5, 0.6) is 0 Å². The summed E-state index contributed by atoms with van der Waals surface area (Å²) in [5.41, 5.74) is 3.07. The number of quaternary nitrogens is 1. The van der Waals surface area contributed by atoms with Crippen LogP contribution >= 0.6 is 0 Å². The molecule has 1 rings (SSSR count). The summed E-state index contributed by atoms with van der Waals surface area (Å²) in [5, 5.41) is 0. The third-order valence-corrected chi connectivity index (χ3v) is 3.85. The summed E-state index contributed by atoms with van der Waals surface area (Å²) in [7, 11) is 5.95. The number of ether oxygens (including phenoxy) is 2. The first-order valence-electron chi connectivity index (χ1n) is 8.86. The van der Waals surface area contributed by atoms with Gasteiger partial charge in [0.05, 0.1) is 56.3 Å². The number of esters is 2. The zero-order valence-corrected chi connectivity index (χ0v) is 17.3. The molecule has 0 spiro atoms. The van der Waals surface area contributed by atoms with Gasteiger partial charge in [-0.1, -0.05) is 13.8 Å². The van der Waals surface area contributed by atoms with Crippen molar-refractivity contribution >= 4 is 11.9 Å². The maximum absolute atomic E-state index is 12.3. The van der Waals surface area contributed by atoms with E-state index < -0.39 is 12.1 Å². The first-order chi connectivity index (χ1) is 11.9. The number of hydrogen-bond donors (Lipinski definition) is 0. The van der Waals surface area contributed by atoms with Crippen molar-refractivity contribution in [3.8, 4) is 0 Å². The number of hydrogen-bond acceptors (Lipinski definition) is 6. The van der Waals surface area contributed by atoms with Crippen molar-refractivity contribution in [3.63, 3.8) is 0 Å². The van der Waals surface area contributed by atoms with Crippen LogP contribution in [-0.2, 0) is 25.7 Å². The van der Waals surface area contributed by atoms with Gasteiger partial charge in [-0.2, -0.15) is 0 Å². The van der Waals surface area contributed by atoms with Gasteiger partial charge in [-0.3, -0.25) is 19.6 Å². The second kappa shape index (κ2) is 9.07. The van der Waals surface area contributed by atoms with E-state index >= 15 is 0 Å². The van der Waals surface area contributed by atoms with E-state index in [1.165, 1.54) is 0 Å². The van der Waals surface area contributed by atoms with Gasteiger partial charge < -0.3 is 14.0 Å². The fourth-order valence-corrected chi connectivity index (χ4v) is 2.35. The van der Waals surface area contributed by atoms with Crippen molar-refractivity contribution in [3.05, 3.63) is 22.8 Å². The lowest BCUT2D eigenvalue weighted by Crippen LogP contribution is -2.44. The Kier molecular flexibility index (Phi) is 7.68. The Bertz CT molecular complexity index is 651. The molecule has 146 valence electrons. The fraction of sp³-hybridized carbons (Fsp3) is 0.684. The second-order valence-corrected chi connectivity index (χ2v) is 7.98. The predicted molar refractivity (Wildman–Crippen MR) is 98.3 cm³/mol. The van der Waals surface area contributed by atoms with Crippen molar-refractivity contribution in [1.29, 1.82) is 0 Å². The minimum atomic E-state index is -0.524. The first kappa shape index (κ1) is 22.0. The van der Waals surface area contributed by atoms with Gasteiger partial charge in [-0.25, -0.2) is 0 Å². The molecule has 0 aliphatic rings. The molecule has 1 atom stereocenters. The van der Waals surface area contributed by atoms with Crippen molar-refractivity contribution in [2.24, 2.45) is 5.92 Å². The molecule has 0 aliphatic heterocycles. The summed E-state index contributed by atoms with van der Waals surface area (Å²) in [4.78, 5) is 33.0. The number of aromatic nitrogens is 2. The van der Waals surface area contributed by atoms with E-state index in [0.717, 1.165) is 17.1 Å². The normalized spacial score (nSPS) is 12.8. The smallest absolute Gasteiger partial charge is 0.310 e. The molecule has 0 N–H and O–H groups in total. The monoisotopic (exact) mass is 366 g/mol. The molecule has 0 fully saturated rings. The zero-order valence-electron chi connectivity index (χ0n) is 17.3. The van der Waals surface area contributed by atoms with Crippen LogP contribution in [0.2, 0.25) is 0 Å². The Morgan fingerprint density at radius 3 is 2.12 bits per heavy atom. The van der Waals surface area contributed by atoms with E-state index in [1.54, 1.807) is 13.8 Å². The number of aryl methyl sites for hydroxylation is 3. The number of rotatable bonds is 8. The van der Waals surface area contributed by atoms with Gasteiger partial charge in [0.1, 0.15) is 13.2 Å². The summed E-state index contributed by atoms with van der Waals surface area (Å²) in [6.07, 6.45) is -0.505. The van der Waals surface area contributed by atoms with Crippen molar-refractivity contribution in [1.82, 2.24) is 9.97 Å². The van der Waals surface area contributed by atoms with E-state index in [0.29, 0.717) is 16.7 Å². The molecule has 0 aromatic carbocycles. The highest BCUT2D eigenvalue weighted by Gasteiger charge is 2.26. The molecule has 0 amide bonds. The topological polar surface area (TPSA) is 78.4 Å². The minimum absolute atomic E-state index is 0.0191. The van der Waals surface area contributed by atoms with Crippen LogP contribution in [0.3, 0.4) is 0 Å². The lowest BCUT2D eigenvalue weighted by atomic mass is 10.2. The van der Waals surface area contributed by atoms with Gasteiger partial charge in [0.2, 0.25) is 0 Å². The van der Waals surface area contributed by atoms with Crippen LogP contribution in [0.4, 0.5) is 0 Å². The van der Waals surface area contributed by atoms with Crippen molar-refractivity contribution < 1.29 is 23.5 Å². The summed E-state index contributed by atoms with van der Waals surface area (Å²) >= 11 is 0. The molecule has 0 saturated carbocycles. The Morgan fingerprint density at radius 2 is 1.58 bits per heavy atom. The van der Waals surface area contributed by atoms with Crippen LogP contribution in [0, 0.1) is 26.7 Å². The maximum atomic E-state index is 12.3. The standard InChI is InChI=1S/C19H32N3O4/c1-12(2)19(24)26-16(10-22(6,7)8)9-18(23)25-11-17-15(5)20-13(3)14(4)21-17/h12,16H,9-11H2,1-8H3/q+1. The van der Waals surface area contributed by atoms with Crippen molar-refractivity contribution in [2.75, 3.05) is 27.7 Å². The molecule has 0 aliphatic carbocycles. The molecule has 1 aromatic heterocycles. The molecule has 26 heavy (non-hydrogen) atoms. The Morgan fingerprint density at radius 1 is 1.00 bits per heavy atom. The highest BCUT2D eigenvalue weighted by atomic mass is 16.6. The van der Waals surface area contributed by atoms with Crippen LogP contribution in [0.25, 0.3) is 0 Å². The van der Waals surface area contributed by atoms with Gasteiger partial charge in [0.25, 0.3) is 0 Å². The quantitative estimate of drug-likeness (QED) is 0.518. The van der Waals surface area contributed by atoms with E-state index in [-0.39, 0.29) is 24.9 Å². The molecular weight excluding hydrogens is 334 g/mol. The first-order valence-corrected chi connectivity index (χ1v) is 8.86. The SMILES string of the molecule is Cc1nc(C)c(COC(=O)CC(C[N+](C)(C)C)OC(=O)C(C)C)nc1C. The second-order valence-electron chi connectivity index (χ2n) is 7.98. The lowest BCUT2D eigenvalue weighted by Gasteiger charge is -2.29. The molecule has 0 bridgehead atoms. The third-order valence-electron chi connectivity index (χ3n) is 3.85. The zero-order chi connectivity index (χ0) is 20.1. The molecule has 7 nitrogen and oxygen atoms in total. The Hall–Kier alpha value is -2.02. The Balaban J connectivity index is 2.71. The van der Waals surface area contributed by atoms with Gasteiger partial charge in [-0.05, 0) is 20.8 Å². The van der Waals surface area contributed by atoms with Crippen molar-refractivity contribution in [2.45, 2.75) is 53.8 Å². The molecular formula is C19H32N3O4+. The van der Waals surface area contributed by atoms with Crippen LogP contribution in [0.15, 0.2) is 0 Å². The van der Waals surface area contributed by atoms with Gasteiger partial charge >= 0.3 is 11.9 Å². The highest BCUT2D eigenvalue weighted by Crippen LogP contribution is 2.12. The van der Waals surface area contributed by atoms with Crippen LogP contribution in [0.1, 0.15) is 43.0 Å². The molecule has 1 aromatic rings. The Labute approximate surface area is 156 Å². The number of carbonyl (C=O) groups is 2. The summed E-state index contributed by atoms with van der Waals surface area (Å²) in [5.74, 6) is -0.971. The predicted octanol–water partition coefficient (Wildman–Crippen LogP) is 2.11. The highest BCUT2D eigenvalue weighted by molar-refractivity contribution is 5.73. The lowest BCUT2D eigenvalue weighted by molar-refractivity contribution is -0.873. The van der Waals surface area contributed by atoms with Crippen LogP contribution in [-0.4, -0.2) is 60.2 Å². The fourth-order valence-electron chi connectivity index (χ4n) is 2.35. The maximum Gasteiger partial charge on any atom is 0.310 e. The average molecular weight is 366 g/mol. The summed E-state index contributed by atoms with van der Waals surface area (Å²) in [6.45, 7) is 9.73. The molecule has 0 saturated heterocycles. The van der Waals surface area contributed by atoms with Gasteiger partial charge in [-0.15, -0.1) is 0 Å². The van der Waals surface area contributed by atoms with Crippen LogP contribution < -0.4 is 0 Å². The summed E-state index contributed by atoms with van der Waals surface area (Å²) in [6, 6.07) is 0. The van der Waals surface area contributed by atoms with E-state index in [2.05, 4.69) is 9.97 Å². The van der Waals surface area contributed by atoms with E-state index in [4.69, 9.17) is 9.47 Å².